The van der Waals surface area contributed by atoms with Gasteiger partial charge in [0.05, 0.1) is 20.0 Å². The number of ketones is 1. The summed E-state index contributed by atoms with van der Waals surface area (Å²) < 4.78 is 10.4. The second kappa shape index (κ2) is 7.04. The van der Waals surface area contributed by atoms with Crippen LogP contribution >= 0.6 is 11.8 Å². The molecule has 0 fully saturated rings. The quantitative estimate of drug-likeness (QED) is 0.504. The van der Waals surface area contributed by atoms with E-state index in [9.17, 15) is 4.79 Å². The zero-order valence-electron chi connectivity index (χ0n) is 12.0. The largest absolute Gasteiger partial charge is 0.493 e. The minimum atomic E-state index is 0.0646. The van der Waals surface area contributed by atoms with Crippen LogP contribution in [0.25, 0.3) is 0 Å². The third kappa shape index (κ3) is 3.70. The van der Waals surface area contributed by atoms with Crippen molar-refractivity contribution < 1.29 is 14.3 Å². The van der Waals surface area contributed by atoms with Crippen molar-refractivity contribution in [2.75, 3.05) is 25.7 Å². The summed E-state index contributed by atoms with van der Waals surface area (Å²) in [6, 6.07) is 12.7. The van der Waals surface area contributed by atoms with E-state index in [0.29, 0.717) is 28.5 Å². The van der Waals surface area contributed by atoms with Crippen molar-refractivity contribution >= 4 is 23.2 Å². The lowest BCUT2D eigenvalue weighted by Crippen LogP contribution is -2.03. The van der Waals surface area contributed by atoms with E-state index in [-0.39, 0.29) is 5.78 Å². The van der Waals surface area contributed by atoms with Gasteiger partial charge in [-0.25, -0.2) is 0 Å². The van der Waals surface area contributed by atoms with Crippen LogP contribution in [-0.2, 0) is 0 Å². The summed E-state index contributed by atoms with van der Waals surface area (Å²) in [5.74, 6) is 1.56. The number of nitrogen functional groups attached to an aromatic ring is 1. The molecule has 0 saturated heterocycles. The van der Waals surface area contributed by atoms with Gasteiger partial charge >= 0.3 is 0 Å². The highest BCUT2D eigenvalue weighted by atomic mass is 32.2. The molecule has 0 radical (unpaired) electrons. The lowest BCUT2D eigenvalue weighted by Gasteiger charge is -2.12. The summed E-state index contributed by atoms with van der Waals surface area (Å²) in [6.45, 7) is 0. The van der Waals surface area contributed by atoms with Gasteiger partial charge in [-0.1, -0.05) is 30.3 Å². The fourth-order valence-corrected chi connectivity index (χ4v) is 2.72. The Balaban J connectivity index is 2.11. The molecule has 2 N–H and O–H groups in total. The van der Waals surface area contributed by atoms with Gasteiger partial charge in [-0.15, -0.1) is 11.8 Å². The van der Waals surface area contributed by atoms with Gasteiger partial charge < -0.3 is 15.2 Å². The highest BCUT2D eigenvalue weighted by Gasteiger charge is 2.12. The van der Waals surface area contributed by atoms with Crippen LogP contribution in [0.4, 0.5) is 5.69 Å². The lowest BCUT2D eigenvalue weighted by atomic mass is 10.2. The molecule has 5 heteroatoms. The summed E-state index contributed by atoms with van der Waals surface area (Å²) in [7, 11) is 3.13. The number of thioether (sulfide) groups is 1. The Labute approximate surface area is 128 Å². The number of hydrogen-bond donors (Lipinski definition) is 1. The third-order valence-electron chi connectivity index (χ3n) is 2.97. The third-order valence-corrected chi connectivity index (χ3v) is 4.04. The summed E-state index contributed by atoms with van der Waals surface area (Å²) in [5.41, 5.74) is 7.24. The Kier molecular flexibility index (Phi) is 5.11. The van der Waals surface area contributed by atoms with Crippen LogP contribution in [0.2, 0.25) is 0 Å². The van der Waals surface area contributed by atoms with Crippen molar-refractivity contribution in [2.24, 2.45) is 0 Å². The summed E-state index contributed by atoms with van der Waals surface area (Å²) in [4.78, 5) is 12.9. The maximum Gasteiger partial charge on any atom is 0.173 e. The highest BCUT2D eigenvalue weighted by molar-refractivity contribution is 8.00. The van der Waals surface area contributed by atoms with Crippen molar-refractivity contribution in [3.8, 4) is 11.5 Å². The molecule has 0 unspecified atom stereocenters. The number of anilines is 1. The number of ether oxygens (including phenoxy) is 2. The molecule has 0 heterocycles. The zero-order valence-corrected chi connectivity index (χ0v) is 12.8. The molecule has 2 aromatic rings. The van der Waals surface area contributed by atoms with E-state index in [2.05, 4.69) is 0 Å². The number of nitrogens with two attached hydrogens (primary N) is 1. The van der Waals surface area contributed by atoms with Crippen LogP contribution in [0.15, 0.2) is 47.4 Å². The smallest absolute Gasteiger partial charge is 0.173 e. The van der Waals surface area contributed by atoms with Crippen LogP contribution < -0.4 is 15.2 Å². The predicted octanol–water partition coefficient (Wildman–Crippen LogP) is 3.26. The van der Waals surface area contributed by atoms with Crippen LogP contribution in [0.3, 0.4) is 0 Å². The van der Waals surface area contributed by atoms with Gasteiger partial charge in [0.1, 0.15) is 0 Å². The molecule has 0 aromatic heterocycles. The van der Waals surface area contributed by atoms with Crippen LogP contribution in [0.5, 0.6) is 11.5 Å². The fourth-order valence-electron chi connectivity index (χ4n) is 1.85. The van der Waals surface area contributed by atoms with E-state index in [0.717, 1.165) is 4.90 Å². The standard InChI is InChI=1S/C16H17NO3S/c1-19-14-8-12(17)16(9-15(14)20-2)21-10-13(18)11-6-4-3-5-7-11/h3-9H,10,17H2,1-2H3. The molecule has 0 spiro atoms. The Bertz CT molecular complexity index is 629. The second-order valence-electron chi connectivity index (χ2n) is 4.32. The Morgan fingerprint density at radius 1 is 1.10 bits per heavy atom. The van der Waals surface area contributed by atoms with Crippen molar-refractivity contribution in [3.05, 3.63) is 48.0 Å². The van der Waals surface area contributed by atoms with Crippen molar-refractivity contribution in [1.82, 2.24) is 0 Å². The first-order valence-electron chi connectivity index (χ1n) is 6.38. The first-order chi connectivity index (χ1) is 10.2. The fraction of sp³-hybridized carbons (Fsp3) is 0.188. The van der Waals surface area contributed by atoms with Crippen LogP contribution in [-0.4, -0.2) is 25.8 Å². The Hall–Kier alpha value is -2.14. The van der Waals surface area contributed by atoms with E-state index in [1.54, 1.807) is 38.5 Å². The first kappa shape index (κ1) is 15.3. The first-order valence-corrected chi connectivity index (χ1v) is 7.36. The van der Waals surface area contributed by atoms with Crippen molar-refractivity contribution in [1.29, 1.82) is 0 Å². The normalized spacial score (nSPS) is 10.2. The average Bonchev–Trinajstić information content (AvgIpc) is 2.53. The molecule has 2 aromatic carbocycles. The summed E-state index contributed by atoms with van der Waals surface area (Å²) in [5, 5.41) is 0. The van der Waals surface area contributed by atoms with E-state index < -0.39 is 0 Å². The van der Waals surface area contributed by atoms with E-state index in [4.69, 9.17) is 15.2 Å². The molecular weight excluding hydrogens is 286 g/mol. The van der Waals surface area contributed by atoms with Gasteiger partial charge in [0, 0.05) is 22.2 Å². The Morgan fingerprint density at radius 2 is 1.71 bits per heavy atom. The van der Waals surface area contributed by atoms with Gasteiger partial charge in [0.15, 0.2) is 17.3 Å². The number of methoxy groups -OCH3 is 2. The van der Waals surface area contributed by atoms with E-state index >= 15 is 0 Å². The molecule has 0 aliphatic heterocycles. The lowest BCUT2D eigenvalue weighted by molar-refractivity contribution is 0.102. The summed E-state index contributed by atoms with van der Waals surface area (Å²) in [6.07, 6.45) is 0. The molecule has 2 rings (SSSR count). The second-order valence-corrected chi connectivity index (χ2v) is 5.34. The van der Waals surface area contributed by atoms with E-state index in [1.807, 2.05) is 18.2 Å². The Morgan fingerprint density at radius 3 is 2.33 bits per heavy atom. The minimum Gasteiger partial charge on any atom is -0.493 e. The number of carbonyl (C=O) groups excluding carboxylic acids is 1. The molecular formula is C16H17NO3S. The number of carbonyl (C=O) groups is 1. The molecule has 110 valence electrons. The maximum absolute atomic E-state index is 12.1. The topological polar surface area (TPSA) is 61.5 Å². The summed E-state index contributed by atoms with van der Waals surface area (Å²) >= 11 is 1.39. The molecule has 0 aliphatic rings. The van der Waals surface area contributed by atoms with Crippen molar-refractivity contribution in [3.63, 3.8) is 0 Å². The SMILES string of the molecule is COc1cc(N)c(SCC(=O)c2ccccc2)cc1OC. The van der Waals surface area contributed by atoms with Gasteiger partial charge in [-0.3, -0.25) is 4.79 Å². The number of hydrogen-bond acceptors (Lipinski definition) is 5. The number of Topliss-reactive ketones (excluding diaryl/α,β-unsaturated/α-hetero) is 1. The van der Waals surface area contributed by atoms with Gasteiger partial charge in [-0.2, -0.15) is 0 Å². The number of benzene rings is 2. The maximum atomic E-state index is 12.1. The molecule has 0 amide bonds. The monoisotopic (exact) mass is 303 g/mol. The van der Waals surface area contributed by atoms with Crippen LogP contribution in [0.1, 0.15) is 10.4 Å². The molecule has 0 atom stereocenters. The van der Waals surface area contributed by atoms with Gasteiger partial charge in [-0.05, 0) is 6.07 Å². The van der Waals surface area contributed by atoms with Gasteiger partial charge in [0.25, 0.3) is 0 Å². The number of rotatable bonds is 6. The molecule has 0 aliphatic carbocycles. The predicted molar refractivity (Wildman–Crippen MR) is 85.5 cm³/mol. The van der Waals surface area contributed by atoms with E-state index in [1.165, 1.54) is 11.8 Å². The molecule has 0 saturated carbocycles. The average molecular weight is 303 g/mol. The van der Waals surface area contributed by atoms with Crippen LogP contribution in [0, 0.1) is 0 Å². The molecule has 21 heavy (non-hydrogen) atoms. The molecule has 4 nitrogen and oxygen atoms in total. The minimum absolute atomic E-state index is 0.0646. The zero-order chi connectivity index (χ0) is 15.2. The highest BCUT2D eigenvalue weighted by Crippen LogP contribution is 2.36. The molecule has 0 bridgehead atoms. The van der Waals surface area contributed by atoms with Gasteiger partial charge in [0.2, 0.25) is 0 Å². The van der Waals surface area contributed by atoms with Crippen molar-refractivity contribution in [2.45, 2.75) is 4.90 Å².